The van der Waals surface area contributed by atoms with Crippen molar-refractivity contribution in [1.82, 2.24) is 0 Å². The first-order valence-corrected chi connectivity index (χ1v) is 23.8. The van der Waals surface area contributed by atoms with Gasteiger partial charge in [-0.15, -0.1) is 162 Å². The van der Waals surface area contributed by atoms with Gasteiger partial charge in [-0.25, -0.2) is 0 Å². The Kier molecular flexibility index (Phi) is 26.5. The number of rotatable bonds is 8. The van der Waals surface area contributed by atoms with Crippen LogP contribution in [0.15, 0.2) is 146 Å². The minimum atomic E-state index is 0. The zero-order valence-corrected chi connectivity index (χ0v) is 42.6. The van der Waals surface area contributed by atoms with E-state index < -0.39 is 0 Å². The normalized spacial score (nSPS) is 10.3. The fourth-order valence-electron chi connectivity index (χ4n) is 7.22. The van der Waals surface area contributed by atoms with E-state index in [1.165, 1.54) is 139 Å². The zero-order valence-electron chi connectivity index (χ0n) is 36.2. The SMILES string of the molecule is CC(C)Cc1cc2ccccc2[cH-]1.CC(C)Cc1cc2ccccc2[cH-]1.CC(C)Cc1cc2ccccc2[cH-]1.CC(C)Cc1cc2ccccc2[cH-]1.[CH2]=[Zr+2].[CH2]=[Zr+2].[Cl-].[Cl-]. The second-order valence-electron chi connectivity index (χ2n) is 16.4. The maximum absolute atomic E-state index is 3.34. The van der Waals surface area contributed by atoms with Gasteiger partial charge in [0.1, 0.15) is 0 Å². The van der Waals surface area contributed by atoms with Gasteiger partial charge in [-0.2, -0.15) is 24.3 Å². The molecule has 0 aliphatic heterocycles. The number of hydrogen-bond donors (Lipinski definition) is 0. The topological polar surface area (TPSA) is 0 Å². The van der Waals surface area contributed by atoms with Gasteiger partial charge in [0.15, 0.2) is 0 Å². The first kappa shape index (κ1) is 53.4. The van der Waals surface area contributed by atoms with Crippen LogP contribution in [0.1, 0.15) is 77.6 Å². The average molecular weight is 966 g/mol. The molecular weight excluding hydrogens is 902 g/mol. The predicted octanol–water partition coefficient (Wildman–Crippen LogP) is 8.97. The Morgan fingerprint density at radius 2 is 0.517 bits per heavy atom. The number of benzene rings is 4. The van der Waals surface area contributed by atoms with E-state index in [1.54, 1.807) is 0 Å². The maximum atomic E-state index is 3.34. The van der Waals surface area contributed by atoms with E-state index in [1.807, 2.05) is 0 Å². The third-order valence-corrected chi connectivity index (χ3v) is 9.29. The van der Waals surface area contributed by atoms with Crippen molar-refractivity contribution < 1.29 is 73.3 Å². The summed E-state index contributed by atoms with van der Waals surface area (Å²) in [7, 11) is 0. The van der Waals surface area contributed by atoms with Crippen LogP contribution in [0.2, 0.25) is 0 Å². The van der Waals surface area contributed by atoms with Gasteiger partial charge in [0, 0.05) is 0 Å². The molecular formula is C54H64Cl2Zr2-2. The van der Waals surface area contributed by atoms with Gasteiger partial charge in [-0.05, 0) is 49.4 Å². The summed E-state index contributed by atoms with van der Waals surface area (Å²) < 4.78 is 6.68. The minimum absolute atomic E-state index is 0. The fourth-order valence-corrected chi connectivity index (χ4v) is 7.22. The Balaban J connectivity index is 0.000000371. The van der Waals surface area contributed by atoms with Crippen molar-refractivity contribution >= 4 is 51.5 Å². The standard InChI is InChI=1S/4C13H15.2CH2.2ClH.2Zr/c4*1-10(2)7-11-8-12-5-3-4-6-13(12)9-11;;;;;;/h4*3-6,8-10H,7H2,1-2H3;2*1H2;2*1H;;/q4*-1;;;;;2*+2/p-2. The molecule has 0 aliphatic carbocycles. The molecule has 58 heavy (non-hydrogen) atoms. The van der Waals surface area contributed by atoms with E-state index >= 15 is 0 Å². The van der Waals surface area contributed by atoms with Gasteiger partial charge >= 0.3 is 56.9 Å². The molecule has 0 spiro atoms. The molecule has 4 heteroatoms. The Morgan fingerprint density at radius 1 is 0.345 bits per heavy atom. The first-order valence-electron chi connectivity index (χ1n) is 20.3. The van der Waals surface area contributed by atoms with Gasteiger partial charge in [-0.3, -0.25) is 0 Å². The maximum Gasteiger partial charge on any atom is -1.00 e. The van der Waals surface area contributed by atoms with Gasteiger partial charge in [0.05, 0.1) is 0 Å². The molecule has 0 atom stereocenters. The first-order chi connectivity index (χ1) is 27.0. The summed E-state index contributed by atoms with van der Waals surface area (Å²) in [5, 5.41) is 11.0. The molecule has 0 saturated carbocycles. The number of fused-ring (bicyclic) bond motifs is 4. The third kappa shape index (κ3) is 18.3. The van der Waals surface area contributed by atoms with E-state index in [-0.39, 0.29) is 24.8 Å². The van der Waals surface area contributed by atoms with Crippen molar-refractivity contribution in [2.24, 2.45) is 23.7 Å². The summed E-state index contributed by atoms with van der Waals surface area (Å²) in [4.78, 5) is 0. The second kappa shape index (κ2) is 28.8. The quantitative estimate of drug-likeness (QED) is 0.134. The van der Waals surface area contributed by atoms with Crippen molar-refractivity contribution in [1.29, 1.82) is 0 Å². The summed E-state index contributed by atoms with van der Waals surface area (Å²) in [5.74, 6) is 2.99. The van der Waals surface area contributed by atoms with Gasteiger partial charge in [-0.1, -0.05) is 79.7 Å². The average Bonchev–Trinajstić information content (AvgIpc) is 3.96. The van der Waals surface area contributed by atoms with Crippen molar-refractivity contribution in [3.8, 4) is 0 Å². The molecule has 8 rings (SSSR count). The zero-order chi connectivity index (χ0) is 41.0. The van der Waals surface area contributed by atoms with Crippen molar-refractivity contribution in [3.05, 3.63) is 168 Å². The number of hydrogen-bond acceptors (Lipinski definition) is 0. The summed E-state index contributed by atoms with van der Waals surface area (Å²) in [5.41, 5.74) is 5.87. The molecule has 8 aromatic rings. The van der Waals surface area contributed by atoms with Crippen LogP contribution in [0.25, 0.3) is 43.1 Å². The Bertz CT molecular complexity index is 1820. The molecule has 0 amide bonds. The summed E-state index contributed by atoms with van der Waals surface area (Å²) in [6.45, 7) is 18.1. The second-order valence-corrected chi connectivity index (χ2v) is 16.4. The van der Waals surface area contributed by atoms with Crippen LogP contribution >= 0.6 is 0 Å². The molecule has 0 bridgehead atoms. The van der Waals surface area contributed by atoms with Crippen LogP contribution in [-0.4, -0.2) is 8.42 Å². The smallest absolute Gasteiger partial charge is 1.00 e. The molecule has 0 aromatic heterocycles. The Hall–Kier alpha value is -2.59. The van der Waals surface area contributed by atoms with Crippen LogP contribution in [0.5, 0.6) is 0 Å². The summed E-state index contributed by atoms with van der Waals surface area (Å²) >= 11 is 2.60. The third-order valence-electron chi connectivity index (χ3n) is 9.29. The van der Waals surface area contributed by atoms with E-state index in [2.05, 4.69) is 209 Å². The van der Waals surface area contributed by atoms with Crippen LogP contribution in [-0.2, 0) is 74.2 Å². The molecule has 0 radical (unpaired) electrons. The van der Waals surface area contributed by atoms with Gasteiger partial charge in [0.2, 0.25) is 0 Å². The molecule has 0 aliphatic rings. The van der Waals surface area contributed by atoms with E-state index in [0.717, 1.165) is 23.7 Å². The van der Waals surface area contributed by atoms with E-state index in [0.29, 0.717) is 0 Å². The molecule has 0 N–H and O–H groups in total. The molecule has 0 saturated heterocycles. The molecule has 8 aromatic carbocycles. The Morgan fingerprint density at radius 3 is 0.672 bits per heavy atom. The monoisotopic (exact) mass is 962 g/mol. The van der Waals surface area contributed by atoms with Crippen LogP contribution in [0, 0.1) is 23.7 Å². The van der Waals surface area contributed by atoms with Gasteiger partial charge < -0.3 is 24.8 Å². The van der Waals surface area contributed by atoms with Crippen molar-refractivity contribution in [2.45, 2.75) is 81.1 Å². The van der Waals surface area contributed by atoms with Crippen LogP contribution in [0.3, 0.4) is 0 Å². The summed E-state index contributed by atoms with van der Waals surface area (Å²) in [6.07, 6.45) is 4.76. The molecule has 304 valence electrons. The van der Waals surface area contributed by atoms with Crippen LogP contribution in [0.4, 0.5) is 0 Å². The largest absolute Gasteiger partial charge is 1.00 e. The number of halogens is 2. The van der Waals surface area contributed by atoms with Crippen molar-refractivity contribution in [3.63, 3.8) is 0 Å². The molecule has 0 nitrogen and oxygen atoms in total. The Labute approximate surface area is 393 Å². The van der Waals surface area contributed by atoms with Crippen molar-refractivity contribution in [2.75, 3.05) is 0 Å². The van der Waals surface area contributed by atoms with Gasteiger partial charge in [0.25, 0.3) is 0 Å². The molecule has 0 fully saturated rings. The van der Waals surface area contributed by atoms with E-state index in [4.69, 9.17) is 0 Å². The van der Waals surface area contributed by atoms with Crippen LogP contribution < -0.4 is 24.8 Å². The van der Waals surface area contributed by atoms with E-state index in [9.17, 15) is 0 Å². The molecule has 0 heterocycles. The predicted molar refractivity (Wildman–Crippen MR) is 247 cm³/mol. The molecule has 0 unspecified atom stereocenters. The minimum Gasteiger partial charge on any atom is -1.00 e. The fraction of sp³-hybridized carbons (Fsp3) is 0.296. The summed E-state index contributed by atoms with van der Waals surface area (Å²) in [6, 6.07) is 52.6.